The van der Waals surface area contributed by atoms with Crippen LogP contribution in [0.4, 0.5) is 0 Å². The minimum Gasteiger partial charge on any atom is -0.342 e. The van der Waals surface area contributed by atoms with Gasteiger partial charge < -0.3 is 9.80 Å². The van der Waals surface area contributed by atoms with E-state index in [1.165, 1.54) is 0 Å². The monoisotopic (exact) mass is 423 g/mol. The maximum atomic E-state index is 13.6. The molecule has 0 aromatic rings. The Kier molecular flexibility index (Phi) is 4.55. The van der Waals surface area contributed by atoms with Gasteiger partial charge in [0.25, 0.3) is 0 Å². The molecule has 162 valence electrons. The molecule has 2 atom stereocenters. The summed E-state index contributed by atoms with van der Waals surface area (Å²) in [4.78, 5) is 29.8. The smallest absolute Gasteiger partial charge is 0.230 e. The molecule has 2 saturated carbocycles. The molecule has 8 heteroatoms. The van der Waals surface area contributed by atoms with Crippen molar-refractivity contribution in [2.45, 2.75) is 63.5 Å². The second-order valence-electron chi connectivity index (χ2n) is 10.1. The molecule has 1 spiro atoms. The molecule has 0 bridgehead atoms. The minimum atomic E-state index is -3.13. The lowest BCUT2D eigenvalue weighted by Gasteiger charge is -2.44. The zero-order valence-corrected chi connectivity index (χ0v) is 18.3. The molecule has 0 aromatic carbocycles. The SMILES string of the molecule is CC(=O)N1C[C@@H]2C3(CCN(S(=O)(=O)C4CC4)CC3)CC[C@]2(C(=O)N2CCCC2)C1. The third-order valence-electron chi connectivity index (χ3n) is 8.64. The van der Waals surface area contributed by atoms with Crippen LogP contribution >= 0.6 is 0 Å². The highest BCUT2D eigenvalue weighted by Gasteiger charge is 2.65. The molecule has 2 aliphatic carbocycles. The molecule has 29 heavy (non-hydrogen) atoms. The number of piperidine rings is 1. The van der Waals surface area contributed by atoms with Crippen molar-refractivity contribution >= 4 is 21.8 Å². The number of fused-ring (bicyclic) bond motifs is 2. The molecular weight excluding hydrogens is 390 g/mol. The van der Waals surface area contributed by atoms with Crippen molar-refractivity contribution < 1.29 is 18.0 Å². The van der Waals surface area contributed by atoms with Crippen molar-refractivity contribution in [1.29, 1.82) is 0 Å². The summed E-state index contributed by atoms with van der Waals surface area (Å²) in [5.74, 6) is 0.475. The van der Waals surface area contributed by atoms with Crippen LogP contribution in [0, 0.1) is 16.7 Å². The molecule has 0 aromatic heterocycles. The number of likely N-dealkylation sites (tertiary alicyclic amines) is 2. The van der Waals surface area contributed by atoms with Gasteiger partial charge in [-0.2, -0.15) is 0 Å². The highest BCUT2D eigenvalue weighted by Crippen LogP contribution is 2.63. The predicted octanol–water partition coefficient (Wildman–Crippen LogP) is 1.44. The van der Waals surface area contributed by atoms with E-state index in [1.54, 1.807) is 11.2 Å². The molecule has 3 saturated heterocycles. The van der Waals surface area contributed by atoms with Crippen LogP contribution in [0.5, 0.6) is 0 Å². The Morgan fingerprint density at radius 3 is 2.14 bits per heavy atom. The summed E-state index contributed by atoms with van der Waals surface area (Å²) in [7, 11) is -3.13. The number of nitrogens with zero attached hydrogens (tertiary/aromatic N) is 3. The van der Waals surface area contributed by atoms with Crippen LogP contribution in [0.15, 0.2) is 0 Å². The number of sulfonamides is 1. The van der Waals surface area contributed by atoms with Crippen molar-refractivity contribution in [2.75, 3.05) is 39.3 Å². The summed E-state index contributed by atoms with van der Waals surface area (Å²) in [6.07, 6.45) is 7.21. The Balaban J connectivity index is 1.39. The van der Waals surface area contributed by atoms with Gasteiger partial charge in [-0.1, -0.05) is 0 Å². The summed E-state index contributed by atoms with van der Waals surface area (Å²) >= 11 is 0. The fourth-order valence-corrected chi connectivity index (χ4v) is 8.59. The number of rotatable bonds is 3. The summed E-state index contributed by atoms with van der Waals surface area (Å²) in [5.41, 5.74) is -0.456. The molecule has 0 N–H and O–H groups in total. The zero-order valence-electron chi connectivity index (χ0n) is 17.4. The Labute approximate surface area is 173 Å². The van der Waals surface area contributed by atoms with E-state index in [9.17, 15) is 18.0 Å². The van der Waals surface area contributed by atoms with Gasteiger partial charge in [-0.3, -0.25) is 9.59 Å². The summed E-state index contributed by atoms with van der Waals surface area (Å²) in [6, 6.07) is 0. The Bertz CT molecular complexity index is 810. The van der Waals surface area contributed by atoms with Gasteiger partial charge in [0, 0.05) is 46.2 Å². The second kappa shape index (κ2) is 6.67. The molecule has 3 heterocycles. The van der Waals surface area contributed by atoms with E-state index < -0.39 is 15.4 Å². The van der Waals surface area contributed by atoms with Crippen molar-refractivity contribution in [2.24, 2.45) is 16.7 Å². The van der Waals surface area contributed by atoms with Gasteiger partial charge in [0.1, 0.15) is 0 Å². The van der Waals surface area contributed by atoms with E-state index in [0.717, 1.165) is 64.5 Å². The first-order chi connectivity index (χ1) is 13.8. The lowest BCUT2D eigenvalue weighted by molar-refractivity contribution is -0.143. The molecule has 7 nitrogen and oxygen atoms in total. The van der Waals surface area contributed by atoms with Crippen LogP contribution in [0.3, 0.4) is 0 Å². The first-order valence-electron chi connectivity index (χ1n) is 11.3. The number of carbonyl (C=O) groups is 2. The number of carbonyl (C=O) groups excluding carboxylic acids is 2. The predicted molar refractivity (Wildman–Crippen MR) is 108 cm³/mol. The van der Waals surface area contributed by atoms with Crippen LogP contribution < -0.4 is 0 Å². The van der Waals surface area contributed by atoms with Crippen molar-refractivity contribution in [1.82, 2.24) is 14.1 Å². The summed E-state index contributed by atoms with van der Waals surface area (Å²) < 4.78 is 27.1. The molecule has 0 radical (unpaired) electrons. The summed E-state index contributed by atoms with van der Waals surface area (Å²) in [6.45, 7) is 5.64. The molecular formula is C21H33N3O4S. The van der Waals surface area contributed by atoms with Gasteiger partial charge in [-0.25, -0.2) is 12.7 Å². The van der Waals surface area contributed by atoms with Crippen LogP contribution in [0.2, 0.25) is 0 Å². The fraction of sp³-hybridized carbons (Fsp3) is 0.905. The van der Waals surface area contributed by atoms with Gasteiger partial charge in [-0.15, -0.1) is 0 Å². The van der Waals surface area contributed by atoms with Crippen molar-refractivity contribution in [3.8, 4) is 0 Å². The normalized spacial score (nSPS) is 34.7. The molecule has 2 amide bonds. The minimum absolute atomic E-state index is 0.00481. The van der Waals surface area contributed by atoms with E-state index in [-0.39, 0.29) is 28.4 Å². The Morgan fingerprint density at radius 2 is 1.55 bits per heavy atom. The van der Waals surface area contributed by atoms with Crippen LogP contribution in [0.1, 0.15) is 58.3 Å². The van der Waals surface area contributed by atoms with Gasteiger partial charge in [0.2, 0.25) is 21.8 Å². The quantitative estimate of drug-likeness (QED) is 0.688. The fourth-order valence-electron chi connectivity index (χ4n) is 6.75. The van der Waals surface area contributed by atoms with Gasteiger partial charge in [-0.05, 0) is 62.7 Å². The highest BCUT2D eigenvalue weighted by atomic mass is 32.2. The molecule has 5 aliphatic rings. The largest absolute Gasteiger partial charge is 0.342 e. The lowest BCUT2D eigenvalue weighted by Crippen LogP contribution is -2.50. The molecule has 5 rings (SSSR count). The maximum absolute atomic E-state index is 13.6. The van der Waals surface area contributed by atoms with Crippen LogP contribution in [-0.4, -0.2) is 78.9 Å². The van der Waals surface area contributed by atoms with Crippen molar-refractivity contribution in [3.05, 3.63) is 0 Å². The topological polar surface area (TPSA) is 78.0 Å². The zero-order chi connectivity index (χ0) is 20.4. The van der Waals surface area contributed by atoms with E-state index >= 15 is 0 Å². The first kappa shape index (κ1) is 19.8. The molecule has 3 aliphatic heterocycles. The third kappa shape index (κ3) is 2.96. The van der Waals surface area contributed by atoms with E-state index in [1.807, 2.05) is 9.80 Å². The average molecular weight is 424 g/mol. The highest BCUT2D eigenvalue weighted by molar-refractivity contribution is 7.90. The average Bonchev–Trinajstić information content (AvgIpc) is 3.17. The van der Waals surface area contributed by atoms with Gasteiger partial charge in [0.15, 0.2) is 0 Å². The standard InChI is InChI=1S/C21H33N3O4S/c1-16(25)23-14-18-20(8-12-24(13-9-20)29(27,28)17-4-5-17)6-7-21(18,15-23)19(26)22-10-2-3-11-22/h17-18H,2-15H2,1H3/t18-,21+/m1/s1. The van der Waals surface area contributed by atoms with Gasteiger partial charge >= 0.3 is 0 Å². The molecule has 0 unspecified atom stereocenters. The second-order valence-corrected chi connectivity index (χ2v) is 12.3. The van der Waals surface area contributed by atoms with Gasteiger partial charge in [0.05, 0.1) is 10.7 Å². The Morgan fingerprint density at radius 1 is 0.897 bits per heavy atom. The van der Waals surface area contributed by atoms with Crippen molar-refractivity contribution in [3.63, 3.8) is 0 Å². The van der Waals surface area contributed by atoms with Crippen LogP contribution in [-0.2, 0) is 19.6 Å². The number of amides is 2. The van der Waals surface area contributed by atoms with E-state index in [0.29, 0.717) is 26.2 Å². The number of hydrogen-bond donors (Lipinski definition) is 0. The lowest BCUT2D eigenvalue weighted by atomic mass is 9.66. The van der Waals surface area contributed by atoms with E-state index in [2.05, 4.69) is 0 Å². The molecule has 5 fully saturated rings. The Hall–Kier alpha value is -1.15. The van der Waals surface area contributed by atoms with E-state index in [4.69, 9.17) is 0 Å². The summed E-state index contributed by atoms with van der Waals surface area (Å²) in [5, 5.41) is -0.157. The maximum Gasteiger partial charge on any atom is 0.230 e. The number of hydrogen-bond acceptors (Lipinski definition) is 4. The van der Waals surface area contributed by atoms with Crippen LogP contribution in [0.25, 0.3) is 0 Å². The third-order valence-corrected chi connectivity index (χ3v) is 11.0. The first-order valence-corrected chi connectivity index (χ1v) is 12.8.